The molecule has 20 heavy (non-hydrogen) atoms. The molecule has 0 aliphatic carbocycles. The van der Waals surface area contributed by atoms with Gasteiger partial charge >= 0.3 is 0 Å². The summed E-state index contributed by atoms with van der Waals surface area (Å²) in [6.45, 7) is 6.11. The van der Waals surface area contributed by atoms with Crippen LogP contribution in [0.5, 0.6) is 5.75 Å². The number of rotatable bonds is 8. The summed E-state index contributed by atoms with van der Waals surface area (Å²) in [7, 11) is -0.0316. The van der Waals surface area contributed by atoms with Gasteiger partial charge in [0.1, 0.15) is 5.75 Å². The number of methoxy groups -OCH3 is 1. The molecular weight excluding hydrogens is 268 g/mol. The van der Waals surface area contributed by atoms with E-state index in [-0.39, 0.29) is 5.97 Å². The second-order valence-corrected chi connectivity index (χ2v) is 10.4. The topological polar surface area (TPSA) is 35.5 Å². The molecule has 1 aromatic carbocycles. The van der Waals surface area contributed by atoms with Gasteiger partial charge in [-0.2, -0.15) is 0 Å². The molecule has 0 heterocycles. The van der Waals surface area contributed by atoms with Gasteiger partial charge in [0.2, 0.25) is 8.32 Å². The first kappa shape index (κ1) is 16.8. The lowest BCUT2D eigenvalue weighted by atomic mass is 10.1. The van der Waals surface area contributed by atoms with Crippen LogP contribution in [-0.4, -0.2) is 21.4 Å². The predicted octanol–water partition coefficient (Wildman–Crippen LogP) is 4.18. The highest BCUT2D eigenvalue weighted by atomic mass is 28.4. The van der Waals surface area contributed by atoms with Crippen molar-refractivity contribution in [2.24, 2.45) is 0 Å². The predicted molar refractivity (Wildman–Crippen MR) is 84.6 cm³/mol. The molecule has 0 N–H and O–H groups in total. The molecule has 1 aromatic rings. The van der Waals surface area contributed by atoms with Gasteiger partial charge in [0.15, 0.2) is 0 Å². The summed E-state index contributed by atoms with van der Waals surface area (Å²) in [4.78, 5) is 11.6. The molecule has 3 nitrogen and oxygen atoms in total. The zero-order chi connectivity index (χ0) is 15.0. The van der Waals surface area contributed by atoms with Gasteiger partial charge in [-0.25, -0.2) is 0 Å². The van der Waals surface area contributed by atoms with Gasteiger partial charge in [-0.15, -0.1) is 0 Å². The first-order valence-electron chi connectivity index (χ1n) is 7.25. The van der Waals surface area contributed by atoms with Crippen molar-refractivity contribution in [1.29, 1.82) is 0 Å². The summed E-state index contributed by atoms with van der Waals surface area (Å²) in [6.07, 6.45) is 4.63. The maximum absolute atomic E-state index is 11.6. The second-order valence-electron chi connectivity index (χ2n) is 6.00. The number of aryl methyl sites for hydroxylation is 1. The Morgan fingerprint density at radius 1 is 1.15 bits per heavy atom. The summed E-state index contributed by atoms with van der Waals surface area (Å²) < 4.78 is 10.6. The number of carbonyl (C=O) groups is 1. The molecule has 0 aliphatic rings. The van der Waals surface area contributed by atoms with E-state index in [1.807, 2.05) is 31.8 Å². The Morgan fingerprint density at radius 3 is 2.55 bits per heavy atom. The zero-order valence-electron chi connectivity index (χ0n) is 13.1. The SMILES string of the molecule is COc1cccc(CCCCCC(=O)O[Si](C)(C)C)c1. The van der Waals surface area contributed by atoms with Crippen LogP contribution >= 0.6 is 0 Å². The molecule has 0 bridgehead atoms. The van der Waals surface area contributed by atoms with E-state index in [1.165, 1.54) is 5.56 Å². The van der Waals surface area contributed by atoms with E-state index in [1.54, 1.807) is 7.11 Å². The molecular formula is C16H26O3Si. The highest BCUT2D eigenvalue weighted by Crippen LogP contribution is 2.15. The van der Waals surface area contributed by atoms with E-state index in [9.17, 15) is 4.79 Å². The van der Waals surface area contributed by atoms with Gasteiger partial charge in [0.25, 0.3) is 5.97 Å². The van der Waals surface area contributed by atoms with Gasteiger partial charge in [0.05, 0.1) is 7.11 Å². The Hall–Kier alpha value is -1.29. The van der Waals surface area contributed by atoms with E-state index < -0.39 is 8.32 Å². The summed E-state index contributed by atoms with van der Waals surface area (Å²) in [5.74, 6) is 0.867. The molecule has 0 unspecified atom stereocenters. The Labute approximate surface area is 123 Å². The molecule has 0 spiro atoms. The maximum atomic E-state index is 11.6. The monoisotopic (exact) mass is 294 g/mol. The second kappa shape index (κ2) is 8.10. The average Bonchev–Trinajstić information content (AvgIpc) is 2.36. The molecule has 0 saturated carbocycles. The fraction of sp³-hybridized carbons (Fsp3) is 0.562. The smallest absolute Gasteiger partial charge is 0.292 e. The van der Waals surface area contributed by atoms with Crippen molar-refractivity contribution in [3.8, 4) is 5.75 Å². The van der Waals surface area contributed by atoms with Gasteiger partial charge < -0.3 is 9.16 Å². The van der Waals surface area contributed by atoms with Crippen LogP contribution in [0.2, 0.25) is 19.6 Å². The molecule has 1 rings (SSSR count). The first-order chi connectivity index (χ1) is 9.40. The van der Waals surface area contributed by atoms with E-state index in [2.05, 4.69) is 12.1 Å². The van der Waals surface area contributed by atoms with Crippen molar-refractivity contribution in [2.45, 2.75) is 51.7 Å². The fourth-order valence-electron chi connectivity index (χ4n) is 2.00. The molecule has 0 fully saturated rings. The minimum atomic E-state index is -1.72. The number of carbonyl (C=O) groups excluding carboxylic acids is 1. The van der Waals surface area contributed by atoms with Crippen LogP contribution in [0.25, 0.3) is 0 Å². The normalized spacial score (nSPS) is 11.2. The van der Waals surface area contributed by atoms with Gasteiger partial charge in [-0.1, -0.05) is 18.6 Å². The summed E-state index contributed by atoms with van der Waals surface area (Å²) in [6, 6.07) is 8.15. The van der Waals surface area contributed by atoms with Crippen molar-refractivity contribution < 1.29 is 14.0 Å². The number of ether oxygens (including phenoxy) is 1. The molecule has 0 aromatic heterocycles. The molecule has 0 amide bonds. The fourth-order valence-corrected chi connectivity index (χ4v) is 2.78. The van der Waals surface area contributed by atoms with Gasteiger partial charge in [-0.3, -0.25) is 4.79 Å². The van der Waals surface area contributed by atoms with Crippen molar-refractivity contribution in [2.75, 3.05) is 7.11 Å². The highest BCUT2D eigenvalue weighted by molar-refractivity contribution is 6.71. The first-order valence-corrected chi connectivity index (χ1v) is 10.7. The Bertz CT molecular complexity index is 424. The molecule has 0 atom stereocenters. The van der Waals surface area contributed by atoms with E-state index in [0.717, 1.165) is 31.4 Å². The minimum Gasteiger partial charge on any atom is -0.520 e. The number of hydrogen-bond donors (Lipinski definition) is 0. The van der Waals surface area contributed by atoms with E-state index in [0.29, 0.717) is 6.42 Å². The molecule has 0 radical (unpaired) electrons. The van der Waals surface area contributed by atoms with Gasteiger partial charge in [0, 0.05) is 6.42 Å². The molecule has 112 valence electrons. The van der Waals surface area contributed by atoms with Gasteiger partial charge in [-0.05, 0) is 56.6 Å². The molecule has 0 saturated heterocycles. The maximum Gasteiger partial charge on any atom is 0.292 e. The van der Waals surface area contributed by atoms with Crippen LogP contribution in [0.3, 0.4) is 0 Å². The third-order valence-electron chi connectivity index (χ3n) is 2.90. The summed E-state index contributed by atoms with van der Waals surface area (Å²) in [5.41, 5.74) is 1.29. The van der Waals surface area contributed by atoms with Crippen molar-refractivity contribution in [1.82, 2.24) is 0 Å². The number of hydrogen-bond acceptors (Lipinski definition) is 3. The summed E-state index contributed by atoms with van der Waals surface area (Å²) >= 11 is 0. The van der Waals surface area contributed by atoms with Crippen LogP contribution in [0.4, 0.5) is 0 Å². The summed E-state index contributed by atoms with van der Waals surface area (Å²) in [5, 5.41) is 0. The van der Waals surface area contributed by atoms with Crippen LogP contribution in [0, 0.1) is 0 Å². The quantitative estimate of drug-likeness (QED) is 0.533. The van der Waals surface area contributed by atoms with Crippen molar-refractivity contribution >= 4 is 14.3 Å². The third kappa shape index (κ3) is 7.33. The van der Waals surface area contributed by atoms with Crippen LogP contribution in [0.15, 0.2) is 24.3 Å². The lowest BCUT2D eigenvalue weighted by Gasteiger charge is -2.17. The lowest BCUT2D eigenvalue weighted by molar-refractivity contribution is -0.135. The van der Waals surface area contributed by atoms with E-state index in [4.69, 9.17) is 9.16 Å². The third-order valence-corrected chi connectivity index (χ3v) is 3.74. The number of benzene rings is 1. The van der Waals surface area contributed by atoms with Crippen molar-refractivity contribution in [3.05, 3.63) is 29.8 Å². The largest absolute Gasteiger partial charge is 0.520 e. The molecule has 0 aliphatic heterocycles. The Kier molecular flexibility index (Phi) is 6.79. The highest BCUT2D eigenvalue weighted by Gasteiger charge is 2.19. The minimum absolute atomic E-state index is 0.0365. The van der Waals surface area contributed by atoms with Crippen LogP contribution < -0.4 is 4.74 Å². The molecule has 4 heteroatoms. The average molecular weight is 294 g/mol. The standard InChI is InChI=1S/C16H26O3Si/c1-18-15-11-8-10-14(13-15)9-6-5-7-12-16(17)19-20(2,3)4/h8,10-11,13H,5-7,9,12H2,1-4H3. The van der Waals surface area contributed by atoms with Crippen LogP contribution in [-0.2, 0) is 15.6 Å². The Balaban J connectivity index is 2.17. The van der Waals surface area contributed by atoms with Crippen LogP contribution in [0.1, 0.15) is 31.2 Å². The van der Waals surface area contributed by atoms with E-state index >= 15 is 0 Å². The van der Waals surface area contributed by atoms with Crippen molar-refractivity contribution in [3.63, 3.8) is 0 Å². The zero-order valence-corrected chi connectivity index (χ0v) is 14.1. The lowest BCUT2D eigenvalue weighted by Crippen LogP contribution is -2.28. The Morgan fingerprint density at radius 2 is 1.90 bits per heavy atom. The number of unbranched alkanes of at least 4 members (excludes halogenated alkanes) is 2.